The number of benzene rings is 1. The first-order valence-electron chi connectivity index (χ1n) is 9.55. The summed E-state index contributed by atoms with van der Waals surface area (Å²) in [4.78, 5) is 9.55. The van der Waals surface area contributed by atoms with Gasteiger partial charge in [0.15, 0.2) is 12.5 Å². The quantitative estimate of drug-likeness (QED) is 0.624. The van der Waals surface area contributed by atoms with Crippen LogP contribution in [0.25, 0.3) is 10.7 Å². The van der Waals surface area contributed by atoms with Crippen LogP contribution in [-0.4, -0.2) is 34.9 Å². The van der Waals surface area contributed by atoms with Crippen molar-refractivity contribution in [1.82, 2.24) is 14.8 Å². The highest BCUT2D eigenvalue weighted by atomic mass is 32.1. The van der Waals surface area contributed by atoms with Gasteiger partial charge in [-0.15, -0.1) is 11.3 Å². The molecule has 1 fully saturated rings. The molecule has 1 aliphatic heterocycles. The van der Waals surface area contributed by atoms with Crippen LogP contribution in [0.15, 0.2) is 41.8 Å². The summed E-state index contributed by atoms with van der Waals surface area (Å²) in [6, 6.07) is 12.9. The number of nitrogens with one attached hydrogen (secondary N) is 2. The number of quaternary nitrogens is 1. The lowest BCUT2D eigenvalue weighted by atomic mass is 10.1. The Bertz CT molecular complexity index is 922. The molecule has 4 rings (SSSR count). The van der Waals surface area contributed by atoms with Gasteiger partial charge in [0, 0.05) is 24.3 Å². The van der Waals surface area contributed by atoms with Crippen LogP contribution in [0.1, 0.15) is 24.8 Å². The Morgan fingerprint density at radius 1 is 1.15 bits per heavy atom. The number of para-hydroxylation sites is 1. The van der Waals surface area contributed by atoms with E-state index in [4.69, 9.17) is 12.2 Å². The van der Waals surface area contributed by atoms with Gasteiger partial charge in [-0.3, -0.25) is 5.10 Å². The number of aromatic nitrogens is 3. The van der Waals surface area contributed by atoms with Crippen LogP contribution in [0, 0.1) is 4.77 Å². The number of aromatic amines is 1. The van der Waals surface area contributed by atoms with Gasteiger partial charge in [-0.25, -0.2) is 4.68 Å². The molecule has 2 N–H and O–H groups in total. The molecule has 7 heteroatoms. The lowest BCUT2D eigenvalue weighted by Crippen LogP contribution is -3.07. The zero-order valence-electron chi connectivity index (χ0n) is 15.6. The second kappa shape index (κ2) is 8.37. The van der Waals surface area contributed by atoms with Crippen LogP contribution in [0.3, 0.4) is 0 Å². The highest BCUT2D eigenvalue weighted by Gasteiger charge is 2.17. The number of piperidine rings is 1. The zero-order chi connectivity index (χ0) is 18.6. The maximum atomic E-state index is 5.46. The lowest BCUT2D eigenvalue weighted by molar-refractivity contribution is -0.917. The van der Waals surface area contributed by atoms with Gasteiger partial charge in [0.1, 0.15) is 6.54 Å². The molecule has 142 valence electrons. The van der Waals surface area contributed by atoms with E-state index in [2.05, 4.69) is 57.7 Å². The average Bonchev–Trinajstić information content (AvgIpc) is 3.33. The van der Waals surface area contributed by atoms with Crippen LogP contribution in [-0.2, 0) is 13.2 Å². The first-order valence-corrected chi connectivity index (χ1v) is 10.8. The first-order chi connectivity index (χ1) is 13.2. The van der Waals surface area contributed by atoms with Crippen molar-refractivity contribution in [3.8, 4) is 10.7 Å². The summed E-state index contributed by atoms with van der Waals surface area (Å²) < 4.78 is 2.59. The van der Waals surface area contributed by atoms with E-state index in [-0.39, 0.29) is 0 Å². The topological polar surface area (TPSA) is 41.3 Å². The molecule has 5 nitrogen and oxygen atoms in total. The Balaban J connectivity index is 1.47. The Hall–Kier alpha value is -1.96. The van der Waals surface area contributed by atoms with Crippen molar-refractivity contribution in [2.24, 2.45) is 0 Å². The van der Waals surface area contributed by atoms with E-state index in [0.717, 1.165) is 23.9 Å². The molecular weight excluding hydrogens is 374 g/mol. The third kappa shape index (κ3) is 4.31. The predicted molar refractivity (Wildman–Crippen MR) is 114 cm³/mol. The van der Waals surface area contributed by atoms with E-state index in [1.165, 1.54) is 48.5 Å². The summed E-state index contributed by atoms with van der Waals surface area (Å²) in [5.74, 6) is 0.858. The van der Waals surface area contributed by atoms with Crippen molar-refractivity contribution in [3.05, 3.63) is 52.1 Å². The van der Waals surface area contributed by atoms with Crippen molar-refractivity contribution < 1.29 is 4.90 Å². The summed E-state index contributed by atoms with van der Waals surface area (Å²) in [7, 11) is 2.21. The molecular formula is C20H26N5S2+. The van der Waals surface area contributed by atoms with Crippen LogP contribution >= 0.6 is 23.6 Å². The summed E-state index contributed by atoms with van der Waals surface area (Å²) in [6.45, 7) is 4.07. The number of rotatable bonds is 6. The molecule has 0 radical (unpaired) electrons. The summed E-state index contributed by atoms with van der Waals surface area (Å²) in [5.41, 5.74) is 2.80. The molecule has 1 unspecified atom stereocenters. The van der Waals surface area contributed by atoms with E-state index < -0.39 is 0 Å². The third-order valence-corrected chi connectivity index (χ3v) is 6.23. The van der Waals surface area contributed by atoms with E-state index in [1.54, 1.807) is 11.3 Å². The van der Waals surface area contributed by atoms with Gasteiger partial charge in [0.2, 0.25) is 4.77 Å². The van der Waals surface area contributed by atoms with Crippen molar-refractivity contribution in [2.45, 2.75) is 32.5 Å². The molecule has 27 heavy (non-hydrogen) atoms. The monoisotopic (exact) mass is 400 g/mol. The number of thiophene rings is 1. The molecule has 1 aliphatic rings. The van der Waals surface area contributed by atoms with E-state index >= 15 is 0 Å². The van der Waals surface area contributed by atoms with Crippen LogP contribution in [0.5, 0.6) is 0 Å². The molecule has 3 heterocycles. The molecule has 1 aromatic carbocycles. The highest BCUT2D eigenvalue weighted by Crippen LogP contribution is 2.23. The lowest BCUT2D eigenvalue weighted by Gasteiger charge is -2.31. The number of H-pyrrole nitrogens is 1. The van der Waals surface area contributed by atoms with Gasteiger partial charge < -0.3 is 9.80 Å². The molecule has 2 aromatic heterocycles. The maximum Gasteiger partial charge on any atom is 0.221 e. The minimum Gasteiger partial charge on any atom is -0.371 e. The van der Waals surface area contributed by atoms with Gasteiger partial charge >= 0.3 is 0 Å². The second-order valence-electron chi connectivity index (χ2n) is 7.23. The highest BCUT2D eigenvalue weighted by molar-refractivity contribution is 7.71. The molecule has 0 spiro atoms. The van der Waals surface area contributed by atoms with Crippen LogP contribution in [0.4, 0.5) is 5.69 Å². The van der Waals surface area contributed by atoms with Crippen molar-refractivity contribution in [3.63, 3.8) is 0 Å². The molecule has 0 amide bonds. The van der Waals surface area contributed by atoms with Gasteiger partial charge in [-0.05, 0) is 49.0 Å². The minimum atomic E-state index is 0.613. The Kier molecular flexibility index (Phi) is 5.71. The van der Waals surface area contributed by atoms with E-state index in [9.17, 15) is 0 Å². The Morgan fingerprint density at radius 2 is 1.96 bits per heavy atom. The number of nitrogens with zero attached hydrogens (tertiary/aromatic N) is 3. The summed E-state index contributed by atoms with van der Waals surface area (Å²) in [6.07, 6.45) is 3.95. The predicted octanol–water partition coefficient (Wildman–Crippen LogP) is 3.33. The maximum absolute atomic E-state index is 5.46. The average molecular weight is 401 g/mol. The Labute approximate surface area is 169 Å². The SMILES string of the molecule is C[NH+](Cc1ccccc1N1CCCCC1)Cn1[nH]c(-c2cccs2)nc1=S. The second-order valence-corrected chi connectivity index (χ2v) is 8.54. The van der Waals surface area contributed by atoms with Crippen molar-refractivity contribution >= 4 is 29.2 Å². The normalized spacial score (nSPS) is 15.8. The van der Waals surface area contributed by atoms with Gasteiger partial charge in [-0.1, -0.05) is 24.3 Å². The first kappa shape index (κ1) is 18.4. The smallest absolute Gasteiger partial charge is 0.221 e. The fraction of sp³-hybridized carbons (Fsp3) is 0.400. The van der Waals surface area contributed by atoms with E-state index in [1.807, 2.05) is 10.7 Å². The Morgan fingerprint density at radius 3 is 2.74 bits per heavy atom. The number of hydrogen-bond donors (Lipinski definition) is 2. The standard InChI is InChI=1S/C20H25N5S2/c1-23(15-25-20(26)21-19(22-25)18-10-7-13-27-18)14-16-8-3-4-9-17(16)24-11-5-2-6-12-24/h3-4,7-10,13H,2,5-6,11-12,14-15H2,1H3,(H,21,22,26)/p+1. The van der Waals surface area contributed by atoms with Gasteiger partial charge in [-0.2, -0.15) is 4.98 Å². The molecule has 3 aromatic rings. The molecule has 1 atom stereocenters. The van der Waals surface area contributed by atoms with Crippen LogP contribution < -0.4 is 9.80 Å². The fourth-order valence-corrected chi connectivity index (χ4v) is 4.61. The largest absolute Gasteiger partial charge is 0.371 e. The molecule has 0 aliphatic carbocycles. The van der Waals surface area contributed by atoms with Crippen molar-refractivity contribution in [2.75, 3.05) is 25.0 Å². The zero-order valence-corrected chi connectivity index (χ0v) is 17.3. The van der Waals surface area contributed by atoms with Gasteiger partial charge in [0.05, 0.1) is 11.9 Å². The summed E-state index contributed by atoms with van der Waals surface area (Å²) in [5, 5.41) is 5.41. The minimum absolute atomic E-state index is 0.613. The number of anilines is 1. The summed E-state index contributed by atoms with van der Waals surface area (Å²) >= 11 is 7.13. The molecule has 1 saturated heterocycles. The number of hydrogen-bond acceptors (Lipinski definition) is 4. The van der Waals surface area contributed by atoms with E-state index in [0.29, 0.717) is 4.77 Å². The molecule has 0 saturated carbocycles. The van der Waals surface area contributed by atoms with Crippen molar-refractivity contribution in [1.29, 1.82) is 0 Å². The fourth-order valence-electron chi connectivity index (χ4n) is 3.74. The molecule has 0 bridgehead atoms. The van der Waals surface area contributed by atoms with Crippen LogP contribution in [0.2, 0.25) is 0 Å². The van der Waals surface area contributed by atoms with Gasteiger partial charge in [0.25, 0.3) is 0 Å². The third-order valence-electron chi connectivity index (χ3n) is 5.04.